The molecule has 3 rings (SSSR count). The fraction of sp³-hybridized carbons (Fsp3) is 0.429. The lowest BCUT2D eigenvalue weighted by Crippen LogP contribution is -2.30. The van der Waals surface area contributed by atoms with E-state index >= 15 is 0 Å². The second kappa shape index (κ2) is 9.33. The lowest BCUT2D eigenvalue weighted by molar-refractivity contribution is -0.116. The maximum atomic E-state index is 12.0. The minimum atomic E-state index is -0.0381. The lowest BCUT2D eigenvalue weighted by atomic mass is 10.1. The molecule has 4 nitrogen and oxygen atoms in total. The van der Waals surface area contributed by atoms with E-state index in [1.54, 1.807) is 12.3 Å². The number of nitrogens with zero attached hydrogens (tertiary/aromatic N) is 2. The largest absolute Gasteiger partial charge is 0.353 e. The molecule has 1 amide bonds. The SMILES string of the molecule is O=C(/C=C/c1cccc2cccnc12)NCCCN1CCCCCC1. The summed E-state index contributed by atoms with van der Waals surface area (Å²) in [5.41, 5.74) is 1.90. The van der Waals surface area contributed by atoms with Crippen molar-refractivity contribution < 1.29 is 4.79 Å². The van der Waals surface area contributed by atoms with Crippen molar-refractivity contribution in [2.75, 3.05) is 26.2 Å². The Bertz CT molecular complexity index is 713. The molecule has 1 fully saturated rings. The fourth-order valence-corrected chi connectivity index (χ4v) is 3.36. The first kappa shape index (κ1) is 17.6. The van der Waals surface area contributed by atoms with E-state index in [0.29, 0.717) is 0 Å². The fourth-order valence-electron chi connectivity index (χ4n) is 3.36. The molecule has 1 aliphatic rings. The predicted molar refractivity (Wildman–Crippen MR) is 103 cm³/mol. The third kappa shape index (κ3) is 5.40. The Labute approximate surface area is 149 Å². The Balaban J connectivity index is 1.45. The molecule has 1 aromatic heterocycles. The number of aromatic nitrogens is 1. The third-order valence-electron chi connectivity index (χ3n) is 4.73. The number of hydrogen-bond acceptors (Lipinski definition) is 3. The quantitative estimate of drug-likeness (QED) is 0.647. The van der Waals surface area contributed by atoms with Gasteiger partial charge in [0, 0.05) is 29.8 Å². The molecular weight excluding hydrogens is 310 g/mol. The Morgan fingerprint density at radius 3 is 2.76 bits per heavy atom. The van der Waals surface area contributed by atoms with E-state index in [4.69, 9.17) is 0 Å². The van der Waals surface area contributed by atoms with Gasteiger partial charge in [0.25, 0.3) is 0 Å². The number of likely N-dealkylation sites (tertiary alicyclic amines) is 1. The zero-order valence-corrected chi connectivity index (χ0v) is 14.8. The maximum absolute atomic E-state index is 12.0. The average Bonchev–Trinajstić information content (AvgIpc) is 2.92. The lowest BCUT2D eigenvalue weighted by Gasteiger charge is -2.19. The summed E-state index contributed by atoms with van der Waals surface area (Å²) in [5, 5.41) is 4.07. The van der Waals surface area contributed by atoms with Crippen LogP contribution in [0, 0.1) is 0 Å². The van der Waals surface area contributed by atoms with Crippen LogP contribution in [0.25, 0.3) is 17.0 Å². The monoisotopic (exact) mass is 337 g/mol. The number of carbonyl (C=O) groups excluding carboxylic acids is 1. The first-order valence-electron chi connectivity index (χ1n) is 9.35. The van der Waals surface area contributed by atoms with Crippen molar-refractivity contribution in [3.8, 4) is 0 Å². The molecule has 0 saturated carbocycles. The van der Waals surface area contributed by atoms with Crippen molar-refractivity contribution in [1.29, 1.82) is 0 Å². The topological polar surface area (TPSA) is 45.2 Å². The van der Waals surface area contributed by atoms with Crippen LogP contribution in [0.4, 0.5) is 0 Å². The molecule has 4 heteroatoms. The summed E-state index contributed by atoms with van der Waals surface area (Å²) >= 11 is 0. The van der Waals surface area contributed by atoms with Crippen molar-refractivity contribution in [3.05, 3.63) is 48.2 Å². The predicted octanol–water partition coefficient (Wildman–Crippen LogP) is 3.63. The summed E-state index contributed by atoms with van der Waals surface area (Å²) < 4.78 is 0. The highest BCUT2D eigenvalue weighted by Crippen LogP contribution is 2.17. The minimum Gasteiger partial charge on any atom is -0.353 e. The van der Waals surface area contributed by atoms with Gasteiger partial charge in [-0.25, -0.2) is 0 Å². The summed E-state index contributed by atoms with van der Waals surface area (Å²) in [6, 6.07) is 9.96. The Hall–Kier alpha value is -2.20. The number of para-hydroxylation sites is 1. The van der Waals surface area contributed by atoms with E-state index < -0.39 is 0 Å². The Morgan fingerprint density at radius 1 is 1.12 bits per heavy atom. The summed E-state index contributed by atoms with van der Waals surface area (Å²) in [6.45, 7) is 4.23. The average molecular weight is 337 g/mol. The number of fused-ring (bicyclic) bond motifs is 1. The molecule has 1 saturated heterocycles. The summed E-state index contributed by atoms with van der Waals surface area (Å²) in [6.07, 6.45) is 11.6. The summed E-state index contributed by atoms with van der Waals surface area (Å²) in [4.78, 5) is 19.0. The number of rotatable bonds is 6. The maximum Gasteiger partial charge on any atom is 0.244 e. The first-order valence-corrected chi connectivity index (χ1v) is 9.35. The van der Waals surface area contributed by atoms with Crippen LogP contribution < -0.4 is 5.32 Å². The molecule has 1 N–H and O–H groups in total. The van der Waals surface area contributed by atoms with Crippen LogP contribution in [0.15, 0.2) is 42.6 Å². The van der Waals surface area contributed by atoms with Crippen LogP contribution in [0.3, 0.4) is 0 Å². The van der Waals surface area contributed by atoms with Gasteiger partial charge in [-0.05, 0) is 51.0 Å². The summed E-state index contributed by atoms with van der Waals surface area (Å²) in [5.74, 6) is -0.0381. The normalized spacial score (nSPS) is 16.2. The molecule has 0 bridgehead atoms. The highest BCUT2D eigenvalue weighted by atomic mass is 16.1. The van der Waals surface area contributed by atoms with Gasteiger partial charge in [0.15, 0.2) is 0 Å². The van der Waals surface area contributed by atoms with E-state index in [9.17, 15) is 4.79 Å². The van der Waals surface area contributed by atoms with Crippen LogP contribution >= 0.6 is 0 Å². The first-order chi connectivity index (χ1) is 12.3. The van der Waals surface area contributed by atoms with Crippen molar-refractivity contribution in [1.82, 2.24) is 15.2 Å². The minimum absolute atomic E-state index is 0.0381. The van der Waals surface area contributed by atoms with Crippen LogP contribution in [0.1, 0.15) is 37.7 Å². The number of pyridine rings is 1. The van der Waals surface area contributed by atoms with Crippen molar-refractivity contribution in [2.24, 2.45) is 0 Å². The van der Waals surface area contributed by atoms with Gasteiger partial charge in [0.1, 0.15) is 0 Å². The van der Waals surface area contributed by atoms with E-state index in [2.05, 4.69) is 15.2 Å². The number of nitrogens with one attached hydrogen (secondary N) is 1. The molecule has 2 aromatic rings. The van der Waals surface area contributed by atoms with Crippen molar-refractivity contribution >= 4 is 22.9 Å². The van der Waals surface area contributed by atoms with Gasteiger partial charge in [-0.1, -0.05) is 37.1 Å². The molecule has 0 unspecified atom stereocenters. The molecule has 1 aliphatic heterocycles. The van der Waals surface area contributed by atoms with Gasteiger partial charge in [-0.15, -0.1) is 0 Å². The second-order valence-corrected chi connectivity index (χ2v) is 6.66. The zero-order chi connectivity index (χ0) is 17.3. The van der Waals surface area contributed by atoms with E-state index in [1.807, 2.05) is 36.4 Å². The smallest absolute Gasteiger partial charge is 0.244 e. The Morgan fingerprint density at radius 2 is 1.92 bits per heavy atom. The van der Waals surface area contributed by atoms with E-state index in [-0.39, 0.29) is 5.91 Å². The molecule has 1 aromatic carbocycles. The van der Waals surface area contributed by atoms with Gasteiger partial charge in [-0.2, -0.15) is 0 Å². The summed E-state index contributed by atoms with van der Waals surface area (Å²) in [7, 11) is 0. The number of benzene rings is 1. The molecule has 2 heterocycles. The molecule has 0 radical (unpaired) electrons. The van der Waals surface area contributed by atoms with Crippen LogP contribution in [0.5, 0.6) is 0 Å². The molecular formula is C21H27N3O. The van der Waals surface area contributed by atoms with Gasteiger partial charge < -0.3 is 10.2 Å². The molecule has 0 aliphatic carbocycles. The van der Waals surface area contributed by atoms with Crippen LogP contribution in [0.2, 0.25) is 0 Å². The highest BCUT2D eigenvalue weighted by molar-refractivity contribution is 5.95. The number of carbonyl (C=O) groups is 1. The molecule has 132 valence electrons. The van der Waals surface area contributed by atoms with Gasteiger partial charge >= 0.3 is 0 Å². The molecule has 25 heavy (non-hydrogen) atoms. The number of hydrogen-bond donors (Lipinski definition) is 1. The second-order valence-electron chi connectivity index (χ2n) is 6.66. The van der Waals surface area contributed by atoms with Crippen molar-refractivity contribution in [3.63, 3.8) is 0 Å². The zero-order valence-electron chi connectivity index (χ0n) is 14.8. The van der Waals surface area contributed by atoms with E-state index in [0.717, 1.165) is 36.0 Å². The molecule has 0 spiro atoms. The highest BCUT2D eigenvalue weighted by Gasteiger charge is 2.08. The van der Waals surface area contributed by atoms with E-state index in [1.165, 1.54) is 38.8 Å². The third-order valence-corrected chi connectivity index (χ3v) is 4.73. The Kier molecular flexibility index (Phi) is 6.57. The number of amides is 1. The van der Waals surface area contributed by atoms with Crippen LogP contribution in [-0.4, -0.2) is 42.0 Å². The van der Waals surface area contributed by atoms with Crippen LogP contribution in [-0.2, 0) is 4.79 Å². The molecule has 0 atom stereocenters. The van der Waals surface area contributed by atoms with Gasteiger partial charge in [0.05, 0.1) is 5.52 Å². The standard InChI is InChI=1S/C21H27N3O/c25-20(22-14-7-17-24-15-3-1-2-4-16-24)12-11-19-9-5-8-18-10-6-13-23-21(18)19/h5-6,8-13H,1-4,7,14-17H2,(H,22,25)/b12-11+. The van der Waals surface area contributed by atoms with Gasteiger partial charge in [-0.3, -0.25) is 9.78 Å². The van der Waals surface area contributed by atoms with Crippen molar-refractivity contribution in [2.45, 2.75) is 32.1 Å². The van der Waals surface area contributed by atoms with Gasteiger partial charge in [0.2, 0.25) is 5.91 Å².